The quantitative estimate of drug-likeness (QED) is 0.620. The predicted molar refractivity (Wildman–Crippen MR) is 67.0 cm³/mol. The lowest BCUT2D eigenvalue weighted by molar-refractivity contribution is 0.214. The predicted octanol–water partition coefficient (Wildman–Crippen LogP) is 2.81. The fourth-order valence-electron chi connectivity index (χ4n) is 2.59. The van der Waals surface area contributed by atoms with Crippen LogP contribution in [0.15, 0.2) is 0 Å². The maximum absolute atomic E-state index is 8.85. The van der Waals surface area contributed by atoms with Crippen molar-refractivity contribution in [1.82, 2.24) is 5.32 Å². The van der Waals surface area contributed by atoms with Gasteiger partial charge in [-0.25, -0.2) is 0 Å². The van der Waals surface area contributed by atoms with Crippen LogP contribution < -0.4 is 5.32 Å². The average Bonchev–Trinajstić information content (AvgIpc) is 2.26. The van der Waals surface area contributed by atoms with Gasteiger partial charge in [-0.05, 0) is 38.1 Å². The molecule has 0 aliphatic heterocycles. The second kappa shape index (κ2) is 9.17. The largest absolute Gasteiger partial charge is 0.396 e. The zero-order valence-corrected chi connectivity index (χ0v) is 10.9. The molecule has 0 aliphatic carbocycles. The van der Waals surface area contributed by atoms with E-state index >= 15 is 0 Å². The fourth-order valence-corrected chi connectivity index (χ4v) is 2.59. The molecule has 15 heavy (non-hydrogen) atoms. The molecule has 0 saturated carbocycles. The van der Waals surface area contributed by atoms with Gasteiger partial charge in [0.25, 0.3) is 0 Å². The molecule has 0 radical (unpaired) electrons. The summed E-state index contributed by atoms with van der Waals surface area (Å²) in [4.78, 5) is 0. The van der Waals surface area contributed by atoms with Crippen molar-refractivity contribution in [2.75, 3.05) is 13.7 Å². The third-order valence-corrected chi connectivity index (χ3v) is 3.51. The Kier molecular flexibility index (Phi) is 9.12. The van der Waals surface area contributed by atoms with Gasteiger partial charge in [-0.15, -0.1) is 0 Å². The molecule has 2 unspecified atom stereocenters. The molecule has 2 N–H and O–H groups in total. The number of rotatable bonds is 9. The summed E-state index contributed by atoms with van der Waals surface area (Å²) in [5, 5.41) is 12.3. The van der Waals surface area contributed by atoms with Crippen molar-refractivity contribution in [3.05, 3.63) is 0 Å². The van der Waals surface area contributed by atoms with Gasteiger partial charge in [-0.3, -0.25) is 0 Å². The van der Waals surface area contributed by atoms with Crippen molar-refractivity contribution >= 4 is 0 Å². The van der Waals surface area contributed by atoms with E-state index in [2.05, 4.69) is 33.1 Å². The Hall–Kier alpha value is -0.0800. The maximum atomic E-state index is 8.85. The lowest BCUT2D eigenvalue weighted by Gasteiger charge is -2.31. The molecule has 0 heterocycles. The minimum absolute atomic E-state index is 0.332. The first-order valence-corrected chi connectivity index (χ1v) is 6.49. The number of nitrogens with one attached hydrogen (secondary N) is 1. The lowest BCUT2D eigenvalue weighted by Crippen LogP contribution is -2.36. The zero-order chi connectivity index (χ0) is 11.7. The minimum Gasteiger partial charge on any atom is -0.396 e. The van der Waals surface area contributed by atoms with Gasteiger partial charge in [0, 0.05) is 12.6 Å². The number of aliphatic hydroxyl groups is 1. The smallest absolute Gasteiger partial charge is 0.0431 e. The van der Waals surface area contributed by atoms with Crippen molar-refractivity contribution in [2.45, 2.75) is 58.9 Å². The molecule has 0 rings (SSSR count). The van der Waals surface area contributed by atoms with Crippen LogP contribution >= 0.6 is 0 Å². The van der Waals surface area contributed by atoms with E-state index in [-0.39, 0.29) is 0 Å². The molecule has 0 amide bonds. The highest BCUT2D eigenvalue weighted by Crippen LogP contribution is 2.25. The third kappa shape index (κ3) is 5.53. The first kappa shape index (κ1) is 14.9. The Morgan fingerprint density at radius 3 is 2.27 bits per heavy atom. The van der Waals surface area contributed by atoms with Gasteiger partial charge >= 0.3 is 0 Å². The SMILES string of the molecule is CCCC(NC)C(CC)[C@H](C)CCCO. The van der Waals surface area contributed by atoms with E-state index in [1.165, 1.54) is 19.3 Å². The van der Waals surface area contributed by atoms with Crippen molar-refractivity contribution in [3.8, 4) is 0 Å². The van der Waals surface area contributed by atoms with Crippen LogP contribution in [0.25, 0.3) is 0 Å². The van der Waals surface area contributed by atoms with Gasteiger partial charge in [0.1, 0.15) is 0 Å². The van der Waals surface area contributed by atoms with Crippen LogP contribution in [-0.4, -0.2) is 24.8 Å². The van der Waals surface area contributed by atoms with Crippen LogP contribution in [-0.2, 0) is 0 Å². The summed E-state index contributed by atoms with van der Waals surface area (Å²) >= 11 is 0. The summed E-state index contributed by atoms with van der Waals surface area (Å²) < 4.78 is 0. The second-order valence-electron chi connectivity index (χ2n) is 4.60. The zero-order valence-electron chi connectivity index (χ0n) is 10.9. The first-order chi connectivity index (χ1) is 7.21. The van der Waals surface area contributed by atoms with E-state index in [4.69, 9.17) is 5.11 Å². The summed E-state index contributed by atoms with van der Waals surface area (Å²) in [6.45, 7) is 7.18. The molecule has 0 aromatic heterocycles. The van der Waals surface area contributed by atoms with Crippen molar-refractivity contribution < 1.29 is 5.11 Å². The van der Waals surface area contributed by atoms with E-state index < -0.39 is 0 Å². The first-order valence-electron chi connectivity index (χ1n) is 6.49. The van der Waals surface area contributed by atoms with E-state index in [9.17, 15) is 0 Å². The normalized spacial score (nSPS) is 17.4. The van der Waals surface area contributed by atoms with Crippen molar-refractivity contribution in [1.29, 1.82) is 0 Å². The Balaban J connectivity index is 4.15. The molecular weight excluding hydrogens is 186 g/mol. The minimum atomic E-state index is 0.332. The standard InChI is InChI=1S/C13H29NO/c1-5-8-13(14-4)12(6-2)11(3)9-7-10-15/h11-15H,5-10H2,1-4H3/t11-,12?,13?/m1/s1. The van der Waals surface area contributed by atoms with E-state index in [1.54, 1.807) is 0 Å². The molecule has 92 valence electrons. The molecule has 2 nitrogen and oxygen atoms in total. The van der Waals surface area contributed by atoms with E-state index in [1.807, 2.05) is 0 Å². The molecular formula is C13H29NO. The monoisotopic (exact) mass is 215 g/mol. The van der Waals surface area contributed by atoms with Crippen LogP contribution in [0.3, 0.4) is 0 Å². The molecule has 0 saturated heterocycles. The van der Waals surface area contributed by atoms with Crippen LogP contribution in [0.1, 0.15) is 52.9 Å². The molecule has 2 heteroatoms. The maximum Gasteiger partial charge on any atom is 0.0431 e. The van der Waals surface area contributed by atoms with Gasteiger partial charge in [-0.1, -0.05) is 33.6 Å². The number of aliphatic hydroxyl groups excluding tert-OH is 1. The van der Waals surface area contributed by atoms with Crippen LogP contribution in [0.5, 0.6) is 0 Å². The summed E-state index contributed by atoms with van der Waals surface area (Å²) in [6, 6.07) is 0.647. The molecule has 0 bridgehead atoms. The highest BCUT2D eigenvalue weighted by molar-refractivity contribution is 4.78. The Labute approximate surface area is 95.5 Å². The summed E-state index contributed by atoms with van der Waals surface area (Å²) in [5.74, 6) is 1.47. The van der Waals surface area contributed by atoms with E-state index in [0.717, 1.165) is 18.8 Å². The van der Waals surface area contributed by atoms with Gasteiger partial charge < -0.3 is 10.4 Å². The molecule has 0 spiro atoms. The van der Waals surface area contributed by atoms with E-state index in [0.29, 0.717) is 18.6 Å². The third-order valence-electron chi connectivity index (χ3n) is 3.51. The molecule has 0 aromatic carbocycles. The molecule has 3 atom stereocenters. The van der Waals surface area contributed by atoms with Gasteiger partial charge in [0.2, 0.25) is 0 Å². The highest BCUT2D eigenvalue weighted by atomic mass is 16.2. The second-order valence-corrected chi connectivity index (χ2v) is 4.60. The van der Waals surface area contributed by atoms with Crippen LogP contribution in [0.4, 0.5) is 0 Å². The van der Waals surface area contributed by atoms with Crippen LogP contribution in [0.2, 0.25) is 0 Å². The highest BCUT2D eigenvalue weighted by Gasteiger charge is 2.22. The van der Waals surface area contributed by atoms with Crippen LogP contribution in [0, 0.1) is 11.8 Å². The summed E-state index contributed by atoms with van der Waals surface area (Å²) in [7, 11) is 2.07. The summed E-state index contributed by atoms with van der Waals surface area (Å²) in [6.07, 6.45) is 5.84. The number of hydrogen-bond donors (Lipinski definition) is 2. The molecule has 0 aliphatic rings. The Morgan fingerprint density at radius 2 is 1.87 bits per heavy atom. The fraction of sp³-hybridized carbons (Fsp3) is 1.00. The topological polar surface area (TPSA) is 32.3 Å². The average molecular weight is 215 g/mol. The number of hydrogen-bond acceptors (Lipinski definition) is 2. The summed E-state index contributed by atoms with van der Waals surface area (Å²) in [5.41, 5.74) is 0. The Bertz CT molecular complexity index is 138. The van der Waals surface area contributed by atoms with Gasteiger partial charge in [0.05, 0.1) is 0 Å². The van der Waals surface area contributed by atoms with Gasteiger partial charge in [0.15, 0.2) is 0 Å². The van der Waals surface area contributed by atoms with Crippen molar-refractivity contribution in [3.63, 3.8) is 0 Å². The molecule has 0 fully saturated rings. The molecule has 0 aromatic rings. The van der Waals surface area contributed by atoms with Gasteiger partial charge in [-0.2, -0.15) is 0 Å². The van der Waals surface area contributed by atoms with Crippen molar-refractivity contribution in [2.24, 2.45) is 11.8 Å². The Morgan fingerprint density at radius 1 is 1.20 bits per heavy atom. The lowest BCUT2D eigenvalue weighted by atomic mass is 9.81.